The molecule has 3 rings (SSSR count). The summed E-state index contributed by atoms with van der Waals surface area (Å²) >= 11 is 0.0651. The maximum atomic E-state index is 10.9. The fraction of sp³-hybridized carbons (Fsp3) is 0. The maximum absolute atomic E-state index is 10.9. The van der Waals surface area contributed by atoms with Gasteiger partial charge in [0.25, 0.3) is 0 Å². The van der Waals surface area contributed by atoms with E-state index in [-0.39, 0.29) is 25.1 Å². The van der Waals surface area contributed by atoms with Crippen molar-refractivity contribution in [3.8, 4) is 0 Å². The van der Waals surface area contributed by atoms with Gasteiger partial charge < -0.3 is 0 Å². The Morgan fingerprint density at radius 1 is 1.00 bits per heavy atom. The van der Waals surface area contributed by atoms with Crippen LogP contribution in [0.2, 0.25) is 0 Å². The van der Waals surface area contributed by atoms with Crippen LogP contribution < -0.4 is 0 Å². The third-order valence-corrected chi connectivity index (χ3v) is 5.12. The molecule has 0 aliphatic heterocycles. The zero-order chi connectivity index (χ0) is 11.1. The van der Waals surface area contributed by atoms with Crippen LogP contribution in [0.4, 0.5) is 5.69 Å². The molecule has 0 radical (unpaired) electrons. The summed E-state index contributed by atoms with van der Waals surface area (Å²) < 4.78 is 2.14. The Balaban J connectivity index is 2.54. The van der Waals surface area contributed by atoms with Crippen LogP contribution in [0, 0.1) is 10.1 Å². The number of hydrogen-bond donors (Lipinski definition) is 0. The van der Waals surface area contributed by atoms with E-state index in [1.54, 1.807) is 12.1 Å². The van der Waals surface area contributed by atoms with Crippen molar-refractivity contribution in [3.05, 3.63) is 52.6 Å². The molecular formula is C12H7NO2Se. The van der Waals surface area contributed by atoms with Crippen LogP contribution in [0.25, 0.3) is 19.3 Å². The summed E-state index contributed by atoms with van der Waals surface area (Å²) in [4.78, 5) is 10.6. The molecule has 0 atom stereocenters. The first-order valence-corrected chi connectivity index (χ1v) is 6.53. The number of non-ortho nitro benzene ring substituents is 1. The van der Waals surface area contributed by atoms with Crippen LogP contribution in [-0.4, -0.2) is 19.4 Å². The second kappa shape index (κ2) is 3.44. The number of benzene rings is 2. The van der Waals surface area contributed by atoms with Gasteiger partial charge in [-0.25, -0.2) is 0 Å². The minimum absolute atomic E-state index is 0.0651. The third-order valence-electron chi connectivity index (χ3n) is 2.58. The normalized spacial score (nSPS) is 11.0. The van der Waals surface area contributed by atoms with Gasteiger partial charge in [0.1, 0.15) is 0 Å². The minimum atomic E-state index is -0.285. The zero-order valence-corrected chi connectivity index (χ0v) is 9.93. The van der Waals surface area contributed by atoms with Crippen LogP contribution >= 0.6 is 0 Å². The number of nitro groups is 1. The Morgan fingerprint density at radius 2 is 1.75 bits per heavy atom. The zero-order valence-electron chi connectivity index (χ0n) is 8.21. The van der Waals surface area contributed by atoms with Crippen LogP contribution in [0.1, 0.15) is 0 Å². The second-order valence-corrected chi connectivity index (χ2v) is 5.72. The average Bonchev–Trinajstić information content (AvgIpc) is 2.67. The van der Waals surface area contributed by atoms with E-state index in [0.29, 0.717) is 0 Å². The van der Waals surface area contributed by atoms with Gasteiger partial charge in [0.15, 0.2) is 0 Å². The molecule has 3 nitrogen and oxygen atoms in total. The molecule has 0 saturated carbocycles. The Bertz CT molecular complexity index is 702. The topological polar surface area (TPSA) is 43.1 Å². The molecule has 0 N–H and O–H groups in total. The molecule has 0 amide bonds. The summed E-state index contributed by atoms with van der Waals surface area (Å²) in [5.41, 5.74) is 0.258. The molecule has 1 heterocycles. The molecule has 3 aromatic rings. The van der Waals surface area contributed by atoms with Crippen molar-refractivity contribution in [3.63, 3.8) is 0 Å². The SMILES string of the molecule is O=[N+]([O-])c1cccc2c1[se]c1ccccc12. The number of hydrogen-bond acceptors (Lipinski definition) is 2. The third kappa shape index (κ3) is 1.28. The van der Waals surface area contributed by atoms with Crippen molar-refractivity contribution in [2.24, 2.45) is 0 Å². The van der Waals surface area contributed by atoms with Gasteiger partial charge in [0, 0.05) is 0 Å². The Labute approximate surface area is 97.2 Å². The van der Waals surface area contributed by atoms with E-state index in [2.05, 4.69) is 6.07 Å². The molecule has 2 aromatic carbocycles. The molecule has 0 spiro atoms. The molecule has 0 bridgehead atoms. The summed E-state index contributed by atoms with van der Waals surface area (Å²) in [5.74, 6) is 0. The first-order chi connectivity index (χ1) is 7.77. The van der Waals surface area contributed by atoms with E-state index in [4.69, 9.17) is 0 Å². The molecule has 1 aromatic heterocycles. The number of nitro benzene ring substituents is 1. The average molecular weight is 276 g/mol. The Morgan fingerprint density at radius 3 is 2.56 bits per heavy atom. The first kappa shape index (κ1) is 9.58. The molecule has 16 heavy (non-hydrogen) atoms. The van der Waals surface area contributed by atoms with Gasteiger partial charge in [-0.15, -0.1) is 0 Å². The molecular weight excluding hydrogens is 269 g/mol. The van der Waals surface area contributed by atoms with Gasteiger partial charge in [-0.1, -0.05) is 0 Å². The molecule has 4 heteroatoms. The van der Waals surface area contributed by atoms with Crippen LogP contribution in [0.5, 0.6) is 0 Å². The quantitative estimate of drug-likeness (QED) is 0.389. The fourth-order valence-electron chi connectivity index (χ4n) is 1.88. The summed E-state index contributed by atoms with van der Waals surface area (Å²) in [6.45, 7) is 0. The van der Waals surface area contributed by atoms with E-state index in [1.807, 2.05) is 24.3 Å². The van der Waals surface area contributed by atoms with Gasteiger partial charge in [-0.3, -0.25) is 0 Å². The Hall–Kier alpha value is -1.64. The van der Waals surface area contributed by atoms with Gasteiger partial charge in [0.05, 0.1) is 0 Å². The second-order valence-electron chi connectivity index (χ2n) is 3.51. The van der Waals surface area contributed by atoms with Crippen molar-refractivity contribution in [2.75, 3.05) is 0 Å². The van der Waals surface area contributed by atoms with Crippen molar-refractivity contribution < 1.29 is 4.92 Å². The van der Waals surface area contributed by atoms with Crippen LogP contribution in [0.15, 0.2) is 42.5 Å². The van der Waals surface area contributed by atoms with E-state index in [9.17, 15) is 10.1 Å². The van der Waals surface area contributed by atoms with Crippen molar-refractivity contribution in [2.45, 2.75) is 0 Å². The Kier molecular flexibility index (Phi) is 2.06. The molecule has 0 fully saturated rings. The van der Waals surface area contributed by atoms with Crippen LogP contribution in [0.3, 0.4) is 0 Å². The molecule has 0 saturated heterocycles. The summed E-state index contributed by atoms with van der Waals surface area (Å²) in [5, 5.41) is 13.1. The summed E-state index contributed by atoms with van der Waals surface area (Å²) in [7, 11) is 0. The summed E-state index contributed by atoms with van der Waals surface area (Å²) in [6.07, 6.45) is 0. The number of nitrogens with zero attached hydrogens (tertiary/aromatic N) is 1. The van der Waals surface area contributed by atoms with Crippen molar-refractivity contribution >= 4 is 39.5 Å². The summed E-state index contributed by atoms with van der Waals surface area (Å²) in [6, 6.07) is 13.4. The van der Waals surface area contributed by atoms with E-state index in [1.165, 1.54) is 4.26 Å². The first-order valence-electron chi connectivity index (χ1n) is 4.82. The molecule has 0 aliphatic carbocycles. The predicted octanol–water partition coefficient (Wildman–Crippen LogP) is 2.96. The monoisotopic (exact) mass is 277 g/mol. The van der Waals surface area contributed by atoms with E-state index in [0.717, 1.165) is 15.0 Å². The van der Waals surface area contributed by atoms with Crippen LogP contribution in [-0.2, 0) is 0 Å². The van der Waals surface area contributed by atoms with Crippen molar-refractivity contribution in [1.82, 2.24) is 0 Å². The molecule has 78 valence electrons. The predicted molar refractivity (Wildman–Crippen MR) is 65.0 cm³/mol. The molecule has 0 aliphatic rings. The van der Waals surface area contributed by atoms with E-state index >= 15 is 0 Å². The van der Waals surface area contributed by atoms with Gasteiger partial charge >= 0.3 is 97.0 Å². The van der Waals surface area contributed by atoms with E-state index < -0.39 is 0 Å². The fourth-order valence-corrected chi connectivity index (χ4v) is 4.37. The molecule has 0 unspecified atom stereocenters. The standard InChI is InChI=1S/C12H7NO2Se/c14-13(15)10-6-3-5-9-8-4-1-2-7-11(8)16-12(9)10/h1-7H. The van der Waals surface area contributed by atoms with Gasteiger partial charge in [-0.2, -0.15) is 0 Å². The number of fused-ring (bicyclic) bond motifs is 3. The van der Waals surface area contributed by atoms with Gasteiger partial charge in [-0.05, 0) is 0 Å². The number of rotatable bonds is 1. The van der Waals surface area contributed by atoms with Crippen molar-refractivity contribution in [1.29, 1.82) is 0 Å². The van der Waals surface area contributed by atoms with Gasteiger partial charge in [0.2, 0.25) is 0 Å².